The monoisotopic (exact) mass is 448 g/mol. The number of nitrogens with one attached hydrogen (secondary N) is 1. The number of anilines is 1. The highest BCUT2D eigenvalue weighted by Crippen LogP contribution is 2.30. The van der Waals surface area contributed by atoms with Gasteiger partial charge in [-0.25, -0.2) is 4.39 Å². The van der Waals surface area contributed by atoms with E-state index in [1.165, 1.54) is 30.0 Å². The summed E-state index contributed by atoms with van der Waals surface area (Å²) in [6.45, 7) is 6.35. The molecule has 1 atom stereocenters. The number of halogens is 2. The third kappa shape index (κ3) is 5.52. The molecule has 158 valence electrons. The minimum atomic E-state index is -0.462. The molecule has 1 aromatic heterocycles. The summed E-state index contributed by atoms with van der Waals surface area (Å²) in [4.78, 5) is 12.3. The highest BCUT2D eigenvalue weighted by molar-refractivity contribution is 7.99. The molecule has 9 heteroatoms. The predicted molar refractivity (Wildman–Crippen MR) is 117 cm³/mol. The van der Waals surface area contributed by atoms with Gasteiger partial charge >= 0.3 is 0 Å². The lowest BCUT2D eigenvalue weighted by Crippen LogP contribution is -2.15. The highest BCUT2D eigenvalue weighted by Gasteiger charge is 2.20. The first-order chi connectivity index (χ1) is 14.4. The van der Waals surface area contributed by atoms with Crippen LogP contribution in [0.2, 0.25) is 5.02 Å². The van der Waals surface area contributed by atoms with Crippen molar-refractivity contribution in [2.24, 2.45) is 0 Å². The number of carbonyl (C=O) groups is 1. The standard InChI is InChI=1S/C21H22ClFN4O2S/c1-4-27-20(14(3)29-18-9-8-15(23)11-17(18)22)25-26-21(27)30-12-19(28)24-16-7-5-6-13(2)10-16/h5-11,14H,4,12H2,1-3H3,(H,24,28). The zero-order chi connectivity index (χ0) is 21.7. The highest BCUT2D eigenvalue weighted by atomic mass is 35.5. The number of amides is 1. The third-order valence-electron chi connectivity index (χ3n) is 4.26. The van der Waals surface area contributed by atoms with Crippen LogP contribution in [0.15, 0.2) is 47.6 Å². The number of carbonyl (C=O) groups excluding carboxylic acids is 1. The van der Waals surface area contributed by atoms with Crippen LogP contribution < -0.4 is 10.1 Å². The Hall–Kier alpha value is -2.58. The van der Waals surface area contributed by atoms with Gasteiger partial charge in [0.2, 0.25) is 5.91 Å². The summed E-state index contributed by atoms with van der Waals surface area (Å²) in [6, 6.07) is 11.6. The Morgan fingerprint density at radius 2 is 2.10 bits per heavy atom. The van der Waals surface area contributed by atoms with Crippen molar-refractivity contribution in [3.63, 3.8) is 0 Å². The molecule has 2 aromatic carbocycles. The Bertz CT molecular complexity index is 1040. The molecule has 1 N–H and O–H groups in total. The summed E-state index contributed by atoms with van der Waals surface area (Å²) in [5.74, 6) is 0.604. The molecule has 1 heterocycles. The van der Waals surface area contributed by atoms with Crippen molar-refractivity contribution in [2.45, 2.75) is 38.6 Å². The third-order valence-corrected chi connectivity index (χ3v) is 5.52. The topological polar surface area (TPSA) is 69.0 Å². The normalized spacial score (nSPS) is 11.9. The zero-order valence-corrected chi connectivity index (χ0v) is 18.4. The molecule has 0 spiro atoms. The molecule has 0 aliphatic rings. The number of nitrogens with zero attached hydrogens (tertiary/aromatic N) is 3. The maximum absolute atomic E-state index is 13.2. The number of rotatable bonds is 8. The van der Waals surface area contributed by atoms with Crippen LogP contribution in [0.25, 0.3) is 0 Å². The molecule has 0 bridgehead atoms. The number of benzene rings is 2. The van der Waals surface area contributed by atoms with Gasteiger partial charge in [-0.2, -0.15) is 0 Å². The SMILES string of the molecule is CCn1c(SCC(=O)Nc2cccc(C)c2)nnc1C(C)Oc1ccc(F)cc1Cl. The van der Waals surface area contributed by atoms with E-state index < -0.39 is 11.9 Å². The van der Waals surface area contributed by atoms with Crippen LogP contribution in [-0.2, 0) is 11.3 Å². The summed E-state index contributed by atoms with van der Waals surface area (Å²) >= 11 is 7.34. The Kier molecular flexibility index (Phi) is 7.33. The smallest absolute Gasteiger partial charge is 0.234 e. The molecule has 1 amide bonds. The molecule has 1 unspecified atom stereocenters. The summed E-state index contributed by atoms with van der Waals surface area (Å²) in [6.07, 6.45) is -0.462. The van der Waals surface area contributed by atoms with Crippen molar-refractivity contribution in [1.29, 1.82) is 0 Å². The fourth-order valence-corrected chi connectivity index (χ4v) is 3.89. The van der Waals surface area contributed by atoms with E-state index in [0.717, 1.165) is 11.3 Å². The number of hydrogen-bond acceptors (Lipinski definition) is 5. The molecule has 0 radical (unpaired) electrons. The molecular formula is C21H22ClFN4O2S. The van der Waals surface area contributed by atoms with Gasteiger partial charge in [0.15, 0.2) is 17.1 Å². The van der Waals surface area contributed by atoms with Crippen molar-refractivity contribution in [3.05, 3.63) is 64.7 Å². The van der Waals surface area contributed by atoms with E-state index in [1.807, 2.05) is 49.6 Å². The fourth-order valence-electron chi connectivity index (χ4n) is 2.87. The van der Waals surface area contributed by atoms with Crippen molar-refractivity contribution >= 4 is 35.0 Å². The first-order valence-electron chi connectivity index (χ1n) is 9.41. The molecular weight excluding hydrogens is 427 g/mol. The summed E-state index contributed by atoms with van der Waals surface area (Å²) in [5.41, 5.74) is 1.84. The van der Waals surface area contributed by atoms with E-state index in [4.69, 9.17) is 16.3 Å². The van der Waals surface area contributed by atoms with Gasteiger partial charge in [0.1, 0.15) is 11.6 Å². The molecule has 30 heavy (non-hydrogen) atoms. The van der Waals surface area contributed by atoms with E-state index in [-0.39, 0.29) is 16.7 Å². The van der Waals surface area contributed by atoms with Gasteiger partial charge in [-0.3, -0.25) is 4.79 Å². The minimum absolute atomic E-state index is 0.125. The number of ether oxygens (including phenoxy) is 1. The van der Waals surface area contributed by atoms with Crippen LogP contribution in [0.5, 0.6) is 5.75 Å². The fraction of sp³-hybridized carbons (Fsp3) is 0.286. The van der Waals surface area contributed by atoms with Crippen LogP contribution in [0, 0.1) is 12.7 Å². The van der Waals surface area contributed by atoms with Crippen LogP contribution in [0.1, 0.15) is 31.3 Å². The van der Waals surface area contributed by atoms with Gasteiger partial charge < -0.3 is 14.6 Å². The second kappa shape index (κ2) is 9.95. The Balaban J connectivity index is 1.65. The predicted octanol–water partition coefficient (Wildman–Crippen LogP) is 5.27. The molecule has 0 saturated heterocycles. The Morgan fingerprint density at radius 1 is 1.30 bits per heavy atom. The van der Waals surface area contributed by atoms with Gasteiger partial charge in [0, 0.05) is 12.2 Å². The molecule has 0 aliphatic heterocycles. The van der Waals surface area contributed by atoms with E-state index in [9.17, 15) is 9.18 Å². The second-order valence-corrected chi connectivity index (χ2v) is 7.98. The van der Waals surface area contributed by atoms with E-state index in [1.54, 1.807) is 0 Å². The molecule has 0 aliphatic carbocycles. The molecule has 0 saturated carbocycles. The van der Waals surface area contributed by atoms with E-state index in [2.05, 4.69) is 15.5 Å². The molecule has 6 nitrogen and oxygen atoms in total. The zero-order valence-electron chi connectivity index (χ0n) is 16.9. The average molecular weight is 449 g/mol. The quantitative estimate of drug-likeness (QED) is 0.475. The Morgan fingerprint density at radius 3 is 2.80 bits per heavy atom. The number of hydrogen-bond donors (Lipinski definition) is 1. The van der Waals surface area contributed by atoms with Crippen LogP contribution in [-0.4, -0.2) is 26.4 Å². The van der Waals surface area contributed by atoms with Crippen molar-refractivity contribution in [3.8, 4) is 5.75 Å². The first-order valence-corrected chi connectivity index (χ1v) is 10.8. The lowest BCUT2D eigenvalue weighted by Gasteiger charge is -2.16. The molecule has 3 aromatic rings. The van der Waals surface area contributed by atoms with Gasteiger partial charge in [-0.15, -0.1) is 10.2 Å². The van der Waals surface area contributed by atoms with Gasteiger partial charge in [0.05, 0.1) is 10.8 Å². The maximum Gasteiger partial charge on any atom is 0.234 e. The van der Waals surface area contributed by atoms with Crippen LogP contribution in [0.3, 0.4) is 0 Å². The lowest BCUT2D eigenvalue weighted by atomic mass is 10.2. The molecule has 3 rings (SSSR count). The number of aromatic nitrogens is 3. The van der Waals surface area contributed by atoms with E-state index >= 15 is 0 Å². The molecule has 0 fully saturated rings. The largest absolute Gasteiger partial charge is 0.481 e. The van der Waals surface area contributed by atoms with Crippen molar-refractivity contribution in [1.82, 2.24) is 14.8 Å². The van der Waals surface area contributed by atoms with Crippen LogP contribution in [0.4, 0.5) is 10.1 Å². The summed E-state index contributed by atoms with van der Waals surface area (Å²) in [5, 5.41) is 12.1. The average Bonchev–Trinajstić information content (AvgIpc) is 3.11. The first kappa shape index (κ1) is 22.1. The van der Waals surface area contributed by atoms with Crippen molar-refractivity contribution < 1.29 is 13.9 Å². The van der Waals surface area contributed by atoms with Gasteiger partial charge in [0.25, 0.3) is 0 Å². The van der Waals surface area contributed by atoms with Gasteiger partial charge in [-0.1, -0.05) is 35.5 Å². The lowest BCUT2D eigenvalue weighted by molar-refractivity contribution is -0.113. The number of aryl methyl sites for hydroxylation is 1. The Labute approximate surface area is 183 Å². The number of thioether (sulfide) groups is 1. The van der Waals surface area contributed by atoms with Crippen molar-refractivity contribution in [2.75, 3.05) is 11.1 Å². The van der Waals surface area contributed by atoms with E-state index in [0.29, 0.717) is 23.3 Å². The summed E-state index contributed by atoms with van der Waals surface area (Å²) < 4.78 is 21.0. The van der Waals surface area contributed by atoms with Crippen LogP contribution >= 0.6 is 23.4 Å². The second-order valence-electron chi connectivity index (χ2n) is 6.63. The summed E-state index contributed by atoms with van der Waals surface area (Å²) in [7, 11) is 0. The van der Waals surface area contributed by atoms with Gasteiger partial charge in [-0.05, 0) is 56.7 Å². The maximum atomic E-state index is 13.2. The minimum Gasteiger partial charge on any atom is -0.481 e.